The maximum Gasteiger partial charge on any atom is 0.286 e. The van der Waals surface area contributed by atoms with Crippen molar-refractivity contribution in [2.45, 2.75) is 13.8 Å². The largest absolute Gasteiger partial charge is 0.358 e. The second-order valence-corrected chi connectivity index (χ2v) is 7.32. The minimum Gasteiger partial charge on any atom is -0.358 e. The van der Waals surface area contributed by atoms with Gasteiger partial charge in [0.2, 0.25) is 0 Å². The van der Waals surface area contributed by atoms with E-state index in [0.717, 1.165) is 42.8 Å². The summed E-state index contributed by atoms with van der Waals surface area (Å²) in [5.41, 5.74) is 3.83. The second-order valence-electron chi connectivity index (χ2n) is 7.32. The van der Waals surface area contributed by atoms with E-state index in [9.17, 15) is 9.18 Å². The topological polar surface area (TPSA) is 29.7 Å². The van der Waals surface area contributed by atoms with Crippen LogP contribution in [-0.4, -0.2) is 43.2 Å². The summed E-state index contributed by atoms with van der Waals surface area (Å²) < 4.78 is 15.9. The number of halogens is 1. The summed E-state index contributed by atoms with van der Waals surface area (Å²) in [5.74, 6) is -0.0481. The molecule has 0 saturated carbocycles. The van der Waals surface area contributed by atoms with E-state index in [4.69, 9.17) is 0 Å². The molecule has 1 saturated heterocycles. The number of aryl methyl sites for hydroxylation is 1. The minimum absolute atomic E-state index is 0.131. The first-order valence-electron chi connectivity index (χ1n) is 9.49. The molecule has 27 heavy (non-hydrogen) atoms. The van der Waals surface area contributed by atoms with Crippen LogP contribution in [0.1, 0.15) is 16.1 Å². The van der Waals surface area contributed by atoms with Gasteiger partial charge < -0.3 is 9.80 Å². The number of carbonyl (C=O) groups is 1. The maximum atomic E-state index is 14.0. The molecule has 0 atom stereocenters. The molecule has 1 aliphatic rings. The highest BCUT2D eigenvalue weighted by Crippen LogP contribution is 2.24. The molecule has 0 unspecified atom stereocenters. The Balaban J connectivity index is 1.46. The summed E-state index contributed by atoms with van der Waals surface area (Å²) in [6, 6.07) is 15.0. The van der Waals surface area contributed by atoms with Crippen LogP contribution >= 0.6 is 0 Å². The van der Waals surface area contributed by atoms with Gasteiger partial charge in [0.25, 0.3) is 5.91 Å². The molecule has 1 aromatic heterocycles. The zero-order valence-corrected chi connectivity index (χ0v) is 15.8. The molecule has 0 spiro atoms. The molecule has 2 aromatic carbocycles. The third kappa shape index (κ3) is 3.23. The number of aromatic nitrogens is 1. The van der Waals surface area contributed by atoms with Gasteiger partial charge in [0.05, 0.1) is 37.4 Å². The van der Waals surface area contributed by atoms with Gasteiger partial charge in [-0.15, -0.1) is 0 Å². The molecule has 4 nitrogen and oxygen atoms in total. The van der Waals surface area contributed by atoms with Gasteiger partial charge in [-0.25, -0.2) is 4.39 Å². The van der Waals surface area contributed by atoms with Gasteiger partial charge >= 0.3 is 0 Å². The number of piperazine rings is 1. The van der Waals surface area contributed by atoms with Gasteiger partial charge in [0, 0.05) is 11.1 Å². The summed E-state index contributed by atoms with van der Waals surface area (Å²) in [6.45, 7) is 7.72. The molecule has 1 fully saturated rings. The molecule has 0 amide bonds. The Morgan fingerprint density at radius 2 is 1.70 bits per heavy atom. The molecule has 0 aliphatic carbocycles. The number of rotatable bonds is 3. The summed E-state index contributed by atoms with van der Waals surface area (Å²) in [7, 11) is 0. The van der Waals surface area contributed by atoms with E-state index < -0.39 is 0 Å². The van der Waals surface area contributed by atoms with Crippen LogP contribution in [0.4, 0.5) is 10.1 Å². The smallest absolute Gasteiger partial charge is 0.286 e. The average molecular weight is 366 g/mol. The van der Waals surface area contributed by atoms with Crippen molar-refractivity contribution >= 4 is 22.5 Å². The van der Waals surface area contributed by atoms with Crippen LogP contribution in [0.25, 0.3) is 10.9 Å². The third-order valence-electron chi connectivity index (χ3n) is 5.74. The molecule has 1 aliphatic heterocycles. The van der Waals surface area contributed by atoms with Gasteiger partial charge in [-0.3, -0.25) is 9.36 Å². The molecule has 0 bridgehead atoms. The van der Waals surface area contributed by atoms with E-state index in [1.807, 2.05) is 41.8 Å². The number of carbonyl (C=O) groups excluding carboxylic acids is 1. The van der Waals surface area contributed by atoms with E-state index in [-0.39, 0.29) is 11.7 Å². The van der Waals surface area contributed by atoms with Gasteiger partial charge in [-0.1, -0.05) is 30.3 Å². The van der Waals surface area contributed by atoms with Crippen LogP contribution in [0.5, 0.6) is 0 Å². The number of anilines is 1. The molecule has 3 aromatic rings. The molecule has 1 N–H and O–H groups in total. The predicted molar refractivity (Wildman–Crippen MR) is 106 cm³/mol. The van der Waals surface area contributed by atoms with Crippen molar-refractivity contribution in [3.63, 3.8) is 0 Å². The Labute approximate surface area is 158 Å². The standard InChI is InChI=1S/C22H24FN3O/c1-16-17(2)26(20-9-5-3-7-18(16)20)22(27)15-24-11-13-25(14-12-24)21-10-6-4-8-19(21)23/h3-10H,11-15H2,1-2H3/p+1. The first kappa shape index (κ1) is 17.7. The fourth-order valence-electron chi connectivity index (χ4n) is 4.09. The molecule has 140 valence electrons. The fourth-order valence-corrected chi connectivity index (χ4v) is 4.09. The number of hydrogen-bond acceptors (Lipinski definition) is 2. The van der Waals surface area contributed by atoms with Crippen molar-refractivity contribution in [3.05, 3.63) is 65.6 Å². The highest BCUT2D eigenvalue weighted by Gasteiger charge is 2.25. The first-order valence-corrected chi connectivity index (χ1v) is 9.49. The monoisotopic (exact) mass is 366 g/mol. The van der Waals surface area contributed by atoms with E-state index in [1.165, 1.54) is 16.5 Å². The Morgan fingerprint density at radius 3 is 2.44 bits per heavy atom. The summed E-state index contributed by atoms with van der Waals surface area (Å²) in [6.07, 6.45) is 0. The number of hydrogen-bond donors (Lipinski definition) is 1. The quantitative estimate of drug-likeness (QED) is 0.772. The summed E-state index contributed by atoms with van der Waals surface area (Å²) in [4.78, 5) is 16.4. The molecular weight excluding hydrogens is 341 g/mol. The fraction of sp³-hybridized carbons (Fsp3) is 0.318. The van der Waals surface area contributed by atoms with Crippen LogP contribution in [0.15, 0.2) is 48.5 Å². The highest BCUT2D eigenvalue weighted by molar-refractivity contribution is 5.96. The van der Waals surface area contributed by atoms with Gasteiger partial charge in [-0.2, -0.15) is 0 Å². The Hall–Kier alpha value is -2.66. The molecular formula is C22H25FN3O+. The summed E-state index contributed by atoms with van der Waals surface area (Å²) in [5, 5.41) is 1.14. The molecule has 4 rings (SSSR count). The molecule has 2 heterocycles. The van der Waals surface area contributed by atoms with Crippen molar-refractivity contribution in [2.75, 3.05) is 37.6 Å². The minimum atomic E-state index is -0.179. The number of nitrogens with zero attached hydrogens (tertiary/aromatic N) is 2. The van der Waals surface area contributed by atoms with Gasteiger partial charge in [-0.05, 0) is 37.6 Å². The van der Waals surface area contributed by atoms with E-state index in [0.29, 0.717) is 12.2 Å². The van der Waals surface area contributed by atoms with E-state index in [1.54, 1.807) is 6.07 Å². The van der Waals surface area contributed by atoms with Crippen LogP contribution in [0.2, 0.25) is 0 Å². The van der Waals surface area contributed by atoms with Gasteiger partial charge in [0.15, 0.2) is 6.54 Å². The zero-order valence-electron chi connectivity index (χ0n) is 15.8. The third-order valence-corrected chi connectivity index (χ3v) is 5.74. The first-order chi connectivity index (χ1) is 13.1. The number of nitrogens with one attached hydrogen (secondary N) is 1. The SMILES string of the molecule is Cc1c(C)n(C(=O)C[NH+]2CCN(c3ccccc3F)CC2)c2ccccc12. The zero-order chi connectivity index (χ0) is 19.0. The lowest BCUT2D eigenvalue weighted by molar-refractivity contribution is -0.892. The maximum absolute atomic E-state index is 14.0. The van der Waals surface area contributed by atoms with Crippen molar-refractivity contribution in [1.29, 1.82) is 0 Å². The predicted octanol–water partition coefficient (Wildman–Crippen LogP) is 2.44. The normalized spacial score (nSPS) is 15.4. The number of fused-ring (bicyclic) bond motifs is 1. The second kappa shape index (κ2) is 7.16. The Morgan fingerprint density at radius 1 is 1.04 bits per heavy atom. The van der Waals surface area contributed by atoms with Crippen LogP contribution in [0, 0.1) is 19.7 Å². The van der Waals surface area contributed by atoms with Crippen LogP contribution in [0.3, 0.4) is 0 Å². The van der Waals surface area contributed by atoms with Crippen LogP contribution in [-0.2, 0) is 0 Å². The average Bonchev–Trinajstić information content (AvgIpc) is 2.94. The summed E-state index contributed by atoms with van der Waals surface area (Å²) >= 11 is 0. The number of para-hydroxylation sites is 2. The van der Waals surface area contributed by atoms with Crippen molar-refractivity contribution < 1.29 is 14.1 Å². The number of benzene rings is 2. The lowest BCUT2D eigenvalue weighted by Gasteiger charge is -2.33. The Bertz CT molecular complexity index is 986. The highest BCUT2D eigenvalue weighted by atomic mass is 19.1. The number of quaternary nitrogens is 1. The lowest BCUT2D eigenvalue weighted by Crippen LogP contribution is -3.15. The Kier molecular flexibility index (Phi) is 4.70. The van der Waals surface area contributed by atoms with E-state index in [2.05, 4.69) is 17.9 Å². The van der Waals surface area contributed by atoms with Crippen molar-refractivity contribution in [3.8, 4) is 0 Å². The van der Waals surface area contributed by atoms with Gasteiger partial charge in [0.1, 0.15) is 5.82 Å². The molecule has 5 heteroatoms. The van der Waals surface area contributed by atoms with E-state index >= 15 is 0 Å². The lowest BCUT2D eigenvalue weighted by atomic mass is 10.2. The molecule has 0 radical (unpaired) electrons. The van der Waals surface area contributed by atoms with Crippen molar-refractivity contribution in [2.24, 2.45) is 0 Å². The van der Waals surface area contributed by atoms with Crippen molar-refractivity contribution in [1.82, 2.24) is 4.57 Å². The van der Waals surface area contributed by atoms with Crippen LogP contribution < -0.4 is 9.80 Å².